The molecule has 1 N–H and O–H groups in total. The number of nitriles is 1. The van der Waals surface area contributed by atoms with E-state index in [9.17, 15) is 19.2 Å². The summed E-state index contributed by atoms with van der Waals surface area (Å²) in [6, 6.07) is 10.4. The third-order valence-corrected chi connectivity index (χ3v) is 4.56. The number of aryl methyl sites for hydroxylation is 1. The van der Waals surface area contributed by atoms with Crippen LogP contribution in [0.5, 0.6) is 0 Å². The van der Waals surface area contributed by atoms with Crippen LogP contribution in [0.1, 0.15) is 50.7 Å². The van der Waals surface area contributed by atoms with Crippen molar-refractivity contribution in [1.82, 2.24) is 14.9 Å². The molecule has 1 heterocycles. The Morgan fingerprint density at radius 1 is 1.29 bits per heavy atom. The number of hydrogen-bond donors (Lipinski definition) is 1. The zero-order chi connectivity index (χ0) is 22.9. The normalized spacial score (nSPS) is 12.3. The largest absolute Gasteiger partial charge is 0.444 e. The molecule has 1 aromatic heterocycles. The van der Waals surface area contributed by atoms with Crippen LogP contribution in [-0.2, 0) is 4.74 Å². The Balaban J connectivity index is 2.26. The number of benzene rings is 2. The van der Waals surface area contributed by atoms with Crippen molar-refractivity contribution in [1.29, 1.82) is 5.26 Å². The maximum Gasteiger partial charge on any atom is 0.408 e. The van der Waals surface area contributed by atoms with Crippen LogP contribution in [-0.4, -0.2) is 21.2 Å². The number of rotatable bonds is 3. The molecule has 3 aromatic rings. The van der Waals surface area contributed by atoms with Gasteiger partial charge < -0.3 is 10.1 Å². The fourth-order valence-electron chi connectivity index (χ4n) is 3.20. The molecule has 0 aliphatic rings. The minimum absolute atomic E-state index is 0.157. The van der Waals surface area contributed by atoms with Crippen molar-refractivity contribution in [3.05, 3.63) is 69.5 Å². The molecule has 0 spiro atoms. The van der Waals surface area contributed by atoms with E-state index in [1.165, 1.54) is 16.7 Å². The summed E-state index contributed by atoms with van der Waals surface area (Å²) in [5, 5.41) is 11.8. The number of alkyl carbamates (subject to hydrolysis) is 1. The minimum Gasteiger partial charge on any atom is -0.444 e. The highest BCUT2D eigenvalue weighted by Crippen LogP contribution is 2.23. The molecule has 0 bridgehead atoms. The Bertz CT molecular complexity index is 1270. The number of amides is 1. The van der Waals surface area contributed by atoms with E-state index in [0.717, 1.165) is 0 Å². The van der Waals surface area contributed by atoms with Crippen molar-refractivity contribution < 1.29 is 13.9 Å². The smallest absolute Gasteiger partial charge is 0.408 e. The molecule has 0 aliphatic heterocycles. The van der Waals surface area contributed by atoms with Gasteiger partial charge in [-0.25, -0.2) is 14.2 Å². The number of nitrogens with one attached hydrogen (secondary N) is 1. The molecule has 0 aliphatic carbocycles. The van der Waals surface area contributed by atoms with Gasteiger partial charge in [0.15, 0.2) is 0 Å². The van der Waals surface area contributed by atoms with Gasteiger partial charge in [0.1, 0.15) is 22.6 Å². The van der Waals surface area contributed by atoms with Gasteiger partial charge >= 0.3 is 6.09 Å². The Kier molecular flexibility index (Phi) is 5.80. The highest BCUT2D eigenvalue weighted by Gasteiger charge is 2.24. The van der Waals surface area contributed by atoms with Crippen molar-refractivity contribution in [2.24, 2.45) is 0 Å². The lowest BCUT2D eigenvalue weighted by molar-refractivity contribution is 0.0505. The maximum atomic E-state index is 14.6. The molecule has 0 saturated carbocycles. The molecular weight excluding hydrogens is 399 g/mol. The van der Waals surface area contributed by atoms with E-state index in [1.54, 1.807) is 58.9 Å². The van der Waals surface area contributed by atoms with Crippen LogP contribution in [0.2, 0.25) is 0 Å². The van der Waals surface area contributed by atoms with Crippen LogP contribution < -0.4 is 10.9 Å². The van der Waals surface area contributed by atoms with Crippen LogP contribution in [0, 0.1) is 24.1 Å². The van der Waals surface area contributed by atoms with Crippen LogP contribution in [0.15, 0.2) is 41.2 Å². The average molecular weight is 422 g/mol. The first-order chi connectivity index (χ1) is 14.5. The maximum absolute atomic E-state index is 14.6. The summed E-state index contributed by atoms with van der Waals surface area (Å²) in [7, 11) is 0. The number of carbonyl (C=O) groups is 1. The molecule has 31 heavy (non-hydrogen) atoms. The number of carbonyl (C=O) groups excluding carboxylic acids is 1. The summed E-state index contributed by atoms with van der Waals surface area (Å²) < 4.78 is 21.1. The van der Waals surface area contributed by atoms with Gasteiger partial charge in [-0.3, -0.25) is 9.36 Å². The lowest BCUT2D eigenvalue weighted by atomic mass is 10.1. The predicted molar refractivity (Wildman–Crippen MR) is 115 cm³/mol. The highest BCUT2D eigenvalue weighted by atomic mass is 19.1. The molecule has 0 saturated heterocycles. The molecule has 1 unspecified atom stereocenters. The molecular formula is C23H23FN4O3. The number of hydrogen-bond acceptors (Lipinski definition) is 5. The number of ether oxygens (including phenoxy) is 1. The van der Waals surface area contributed by atoms with Gasteiger partial charge in [-0.15, -0.1) is 0 Å². The van der Waals surface area contributed by atoms with E-state index in [1.807, 2.05) is 6.07 Å². The van der Waals surface area contributed by atoms with Crippen LogP contribution in [0.3, 0.4) is 0 Å². The lowest BCUT2D eigenvalue weighted by Gasteiger charge is -2.23. The molecule has 0 radical (unpaired) electrons. The summed E-state index contributed by atoms with van der Waals surface area (Å²) in [5.74, 6) is -0.505. The van der Waals surface area contributed by atoms with E-state index in [0.29, 0.717) is 16.8 Å². The Hall–Kier alpha value is -3.73. The van der Waals surface area contributed by atoms with Crippen molar-refractivity contribution in [2.45, 2.75) is 46.3 Å². The number of fused-ring (bicyclic) bond motifs is 1. The van der Waals surface area contributed by atoms with Gasteiger partial charge in [0.2, 0.25) is 0 Å². The minimum atomic E-state index is -0.750. The number of halogens is 1. The Labute approximate surface area is 179 Å². The summed E-state index contributed by atoms with van der Waals surface area (Å²) in [5.41, 5.74) is 0.165. The third-order valence-electron chi connectivity index (χ3n) is 4.56. The van der Waals surface area contributed by atoms with Crippen LogP contribution in [0.25, 0.3) is 16.6 Å². The van der Waals surface area contributed by atoms with Crippen molar-refractivity contribution in [3.8, 4) is 11.8 Å². The predicted octanol–water partition coefficient (Wildman–Crippen LogP) is 4.29. The SMILES string of the molecule is Cc1ccc(F)c2c(=O)n(-c3cccc(C#N)c3)c(C(C)NC(=O)OC(C)(C)C)nc12. The van der Waals surface area contributed by atoms with Crippen LogP contribution in [0.4, 0.5) is 9.18 Å². The van der Waals surface area contributed by atoms with Gasteiger partial charge in [-0.1, -0.05) is 12.1 Å². The van der Waals surface area contributed by atoms with Gasteiger partial charge in [-0.2, -0.15) is 5.26 Å². The molecule has 8 heteroatoms. The fraction of sp³-hybridized carbons (Fsp3) is 0.304. The monoisotopic (exact) mass is 422 g/mol. The van der Waals surface area contributed by atoms with Crippen molar-refractivity contribution >= 4 is 17.0 Å². The second-order valence-corrected chi connectivity index (χ2v) is 8.23. The highest BCUT2D eigenvalue weighted by molar-refractivity contribution is 5.82. The average Bonchev–Trinajstić information content (AvgIpc) is 2.68. The van der Waals surface area contributed by atoms with Gasteiger partial charge in [0.05, 0.1) is 28.9 Å². The van der Waals surface area contributed by atoms with E-state index in [2.05, 4.69) is 10.3 Å². The summed E-state index contributed by atoms with van der Waals surface area (Å²) in [6.45, 7) is 8.59. The molecule has 1 amide bonds. The van der Waals surface area contributed by atoms with Crippen molar-refractivity contribution in [2.75, 3.05) is 0 Å². The second kappa shape index (κ2) is 8.19. The summed E-state index contributed by atoms with van der Waals surface area (Å²) in [4.78, 5) is 30.3. The van der Waals surface area contributed by atoms with Gasteiger partial charge in [0.25, 0.3) is 5.56 Å². The standard InChI is InChI=1S/C23H23FN4O3/c1-13-9-10-17(24)18-19(13)27-20(14(2)26-22(30)31-23(3,4)5)28(21(18)29)16-8-6-7-15(11-16)12-25/h6-11,14H,1-5H3,(H,26,30). The van der Waals surface area contributed by atoms with Crippen molar-refractivity contribution in [3.63, 3.8) is 0 Å². The van der Waals surface area contributed by atoms with E-state index in [4.69, 9.17) is 4.74 Å². The molecule has 1 atom stereocenters. The van der Waals surface area contributed by atoms with E-state index < -0.39 is 29.1 Å². The zero-order valence-corrected chi connectivity index (χ0v) is 18.0. The molecule has 0 fully saturated rings. The number of aromatic nitrogens is 2. The van der Waals surface area contributed by atoms with E-state index in [-0.39, 0.29) is 16.7 Å². The molecule has 160 valence electrons. The summed E-state index contributed by atoms with van der Waals surface area (Å²) in [6.07, 6.45) is -0.678. The zero-order valence-electron chi connectivity index (χ0n) is 18.0. The first kappa shape index (κ1) is 22.0. The fourth-order valence-corrected chi connectivity index (χ4v) is 3.20. The third kappa shape index (κ3) is 4.56. The summed E-state index contributed by atoms with van der Waals surface area (Å²) >= 11 is 0. The second-order valence-electron chi connectivity index (χ2n) is 8.23. The van der Waals surface area contributed by atoms with Gasteiger partial charge in [-0.05, 0) is 64.4 Å². The lowest BCUT2D eigenvalue weighted by Crippen LogP contribution is -2.37. The van der Waals surface area contributed by atoms with Crippen LogP contribution >= 0.6 is 0 Å². The van der Waals surface area contributed by atoms with E-state index >= 15 is 0 Å². The Morgan fingerprint density at radius 2 is 2.00 bits per heavy atom. The Morgan fingerprint density at radius 3 is 2.65 bits per heavy atom. The quantitative estimate of drug-likeness (QED) is 0.679. The molecule has 2 aromatic carbocycles. The topological polar surface area (TPSA) is 97.0 Å². The molecule has 3 rings (SSSR count). The first-order valence-corrected chi connectivity index (χ1v) is 9.73. The number of nitrogens with zero attached hydrogens (tertiary/aromatic N) is 3. The first-order valence-electron chi connectivity index (χ1n) is 9.73. The molecule has 7 nitrogen and oxygen atoms in total. The van der Waals surface area contributed by atoms with Gasteiger partial charge in [0, 0.05) is 0 Å².